The highest BCUT2D eigenvalue weighted by Crippen LogP contribution is 2.34. The van der Waals surface area contributed by atoms with Gasteiger partial charge in [0.1, 0.15) is 23.0 Å². The lowest BCUT2D eigenvalue weighted by Gasteiger charge is -2.24. The minimum atomic E-state index is -0.678. The zero-order valence-electron chi connectivity index (χ0n) is 19.9. The van der Waals surface area contributed by atoms with Gasteiger partial charge >= 0.3 is 0 Å². The lowest BCUT2D eigenvalue weighted by Crippen LogP contribution is -2.34. The Hall–Kier alpha value is -3.46. The third kappa shape index (κ3) is 6.57. The van der Waals surface area contributed by atoms with Crippen molar-refractivity contribution in [2.24, 2.45) is 7.05 Å². The van der Waals surface area contributed by atoms with Gasteiger partial charge in [-0.3, -0.25) is 4.90 Å². The van der Waals surface area contributed by atoms with Crippen molar-refractivity contribution in [2.75, 3.05) is 19.8 Å². The topological polar surface area (TPSA) is 72.9 Å². The highest BCUT2D eigenvalue weighted by molar-refractivity contribution is 5.65. The molecule has 0 amide bonds. The molecule has 2 heterocycles. The number of aromatic nitrogens is 2. The Balaban J connectivity index is 1.69. The Kier molecular flexibility index (Phi) is 8.31. The molecular weight excluding hydrogens is 449 g/mol. The zero-order chi connectivity index (χ0) is 24.6. The van der Waals surface area contributed by atoms with Crippen LogP contribution in [0.4, 0.5) is 4.39 Å². The summed E-state index contributed by atoms with van der Waals surface area (Å²) in [4.78, 5) is 2.07. The van der Waals surface area contributed by atoms with Crippen LogP contribution in [0.5, 0.6) is 11.6 Å². The van der Waals surface area contributed by atoms with E-state index in [1.54, 1.807) is 23.1 Å². The fourth-order valence-electron chi connectivity index (χ4n) is 3.90. The number of hydrogen-bond acceptors (Lipinski definition) is 6. The predicted octanol–water partition coefficient (Wildman–Crippen LogP) is 5.01. The van der Waals surface area contributed by atoms with E-state index in [4.69, 9.17) is 19.0 Å². The summed E-state index contributed by atoms with van der Waals surface area (Å²) in [6, 6.07) is 19.5. The maximum atomic E-state index is 13.4. The van der Waals surface area contributed by atoms with Crippen LogP contribution in [-0.4, -0.2) is 45.6 Å². The molecule has 184 valence electrons. The van der Waals surface area contributed by atoms with E-state index in [1.165, 1.54) is 12.1 Å². The molecule has 35 heavy (non-hydrogen) atoms. The molecule has 0 saturated heterocycles. The van der Waals surface area contributed by atoms with E-state index in [0.29, 0.717) is 37.9 Å². The smallest absolute Gasteiger partial charge is 0.222 e. The van der Waals surface area contributed by atoms with Crippen LogP contribution in [0.3, 0.4) is 0 Å². The fourth-order valence-corrected chi connectivity index (χ4v) is 3.90. The van der Waals surface area contributed by atoms with Gasteiger partial charge < -0.3 is 19.0 Å². The number of aryl methyl sites for hydroxylation is 1. The summed E-state index contributed by atoms with van der Waals surface area (Å²) < 4.78 is 32.3. The number of aliphatic hydroxyl groups excluding tert-OH is 1. The van der Waals surface area contributed by atoms with Crippen LogP contribution in [0.1, 0.15) is 18.2 Å². The summed E-state index contributed by atoms with van der Waals surface area (Å²) in [6.45, 7) is 3.94. The van der Waals surface area contributed by atoms with Crippen molar-refractivity contribution in [1.82, 2.24) is 14.7 Å². The van der Waals surface area contributed by atoms with E-state index in [2.05, 4.69) is 4.90 Å². The number of rotatable bonds is 12. The van der Waals surface area contributed by atoms with Crippen molar-refractivity contribution in [3.63, 3.8) is 0 Å². The van der Waals surface area contributed by atoms with Crippen LogP contribution >= 0.6 is 0 Å². The average Bonchev–Trinajstić information content (AvgIpc) is 3.48. The summed E-state index contributed by atoms with van der Waals surface area (Å²) in [7, 11) is 1.82. The van der Waals surface area contributed by atoms with Crippen molar-refractivity contribution < 1.29 is 23.4 Å². The largest absolute Gasteiger partial charge is 0.468 e. The number of ether oxygens (including phenoxy) is 2. The standard InChI is InChI=1S/C27H30FN3O4/c1-3-33-19-22(32)16-31(17-24-10-7-15-34-24)18-25-26(20-8-5-4-6-9-20)29-30(2)27(25)35-23-13-11-21(28)12-14-23/h4-15,22,32H,3,16-19H2,1-2H3/t22-/m0/s1. The van der Waals surface area contributed by atoms with Gasteiger partial charge in [0.25, 0.3) is 0 Å². The van der Waals surface area contributed by atoms with Gasteiger partial charge in [0.15, 0.2) is 0 Å². The van der Waals surface area contributed by atoms with Crippen molar-refractivity contribution in [2.45, 2.75) is 26.1 Å². The number of hydrogen-bond donors (Lipinski definition) is 1. The lowest BCUT2D eigenvalue weighted by molar-refractivity contribution is 0.0167. The lowest BCUT2D eigenvalue weighted by atomic mass is 10.1. The number of furan rings is 1. The third-order valence-corrected chi connectivity index (χ3v) is 5.49. The van der Waals surface area contributed by atoms with Gasteiger partial charge in [0.2, 0.25) is 5.88 Å². The van der Waals surface area contributed by atoms with Crippen molar-refractivity contribution >= 4 is 0 Å². The maximum absolute atomic E-state index is 13.4. The quantitative estimate of drug-likeness (QED) is 0.308. The number of halogens is 1. The molecule has 8 heteroatoms. The van der Waals surface area contributed by atoms with E-state index >= 15 is 0 Å². The molecule has 0 aliphatic heterocycles. The summed E-state index contributed by atoms with van der Waals surface area (Å²) >= 11 is 0. The van der Waals surface area contributed by atoms with Crippen molar-refractivity contribution in [1.29, 1.82) is 0 Å². The first-order chi connectivity index (χ1) is 17.0. The van der Waals surface area contributed by atoms with E-state index in [0.717, 1.165) is 22.6 Å². The molecule has 0 saturated carbocycles. The van der Waals surface area contributed by atoms with Gasteiger partial charge in [0.05, 0.1) is 31.1 Å². The molecular formula is C27H30FN3O4. The molecule has 2 aromatic heterocycles. The van der Waals surface area contributed by atoms with Crippen LogP contribution in [0.15, 0.2) is 77.4 Å². The number of benzene rings is 2. The van der Waals surface area contributed by atoms with Crippen LogP contribution in [0.2, 0.25) is 0 Å². The SMILES string of the molecule is CCOC[C@@H](O)CN(Cc1ccco1)Cc1c(-c2ccccc2)nn(C)c1Oc1ccc(F)cc1. The minimum absolute atomic E-state index is 0.239. The molecule has 0 bridgehead atoms. The van der Waals surface area contributed by atoms with Crippen molar-refractivity contribution in [3.8, 4) is 22.9 Å². The Morgan fingerprint density at radius 1 is 1.06 bits per heavy atom. The molecule has 0 fully saturated rings. The first-order valence-electron chi connectivity index (χ1n) is 11.6. The first-order valence-corrected chi connectivity index (χ1v) is 11.6. The second-order valence-corrected chi connectivity index (χ2v) is 8.24. The zero-order valence-corrected chi connectivity index (χ0v) is 19.9. The fraction of sp³-hybridized carbons (Fsp3) is 0.296. The molecule has 0 radical (unpaired) electrons. The van der Waals surface area contributed by atoms with Gasteiger partial charge in [-0.15, -0.1) is 0 Å². The first kappa shape index (κ1) is 24.7. The molecule has 0 aliphatic carbocycles. The summed E-state index contributed by atoms with van der Waals surface area (Å²) in [6.07, 6.45) is 0.954. The van der Waals surface area contributed by atoms with Gasteiger partial charge in [-0.05, 0) is 43.3 Å². The molecule has 0 spiro atoms. The Morgan fingerprint density at radius 2 is 1.83 bits per heavy atom. The second-order valence-electron chi connectivity index (χ2n) is 8.24. The molecule has 4 rings (SSSR count). The highest BCUT2D eigenvalue weighted by Gasteiger charge is 2.24. The van der Waals surface area contributed by atoms with E-state index in [1.807, 2.05) is 56.4 Å². The summed E-state index contributed by atoms with van der Waals surface area (Å²) in [5.74, 6) is 1.49. The van der Waals surface area contributed by atoms with Crippen LogP contribution in [0.25, 0.3) is 11.3 Å². The van der Waals surface area contributed by atoms with Crippen LogP contribution in [-0.2, 0) is 24.9 Å². The second kappa shape index (κ2) is 11.8. The Labute approximate surface area is 204 Å². The molecule has 7 nitrogen and oxygen atoms in total. The van der Waals surface area contributed by atoms with Crippen molar-refractivity contribution in [3.05, 3.63) is 90.1 Å². The maximum Gasteiger partial charge on any atom is 0.222 e. The highest BCUT2D eigenvalue weighted by atomic mass is 19.1. The van der Waals surface area contributed by atoms with Gasteiger partial charge in [0, 0.05) is 32.3 Å². The average molecular weight is 480 g/mol. The molecule has 1 N–H and O–H groups in total. The van der Waals surface area contributed by atoms with Crippen LogP contribution in [0, 0.1) is 5.82 Å². The minimum Gasteiger partial charge on any atom is -0.468 e. The van der Waals surface area contributed by atoms with Gasteiger partial charge in [-0.25, -0.2) is 9.07 Å². The summed E-state index contributed by atoms with van der Waals surface area (Å²) in [5.41, 5.74) is 2.56. The van der Waals surface area contributed by atoms with E-state index < -0.39 is 6.10 Å². The molecule has 2 aromatic carbocycles. The molecule has 4 aromatic rings. The van der Waals surface area contributed by atoms with E-state index in [-0.39, 0.29) is 12.4 Å². The van der Waals surface area contributed by atoms with Crippen LogP contribution < -0.4 is 4.74 Å². The summed E-state index contributed by atoms with van der Waals surface area (Å²) in [5, 5.41) is 15.3. The third-order valence-electron chi connectivity index (χ3n) is 5.49. The molecule has 0 aliphatic rings. The number of nitrogens with zero attached hydrogens (tertiary/aromatic N) is 3. The normalized spacial score (nSPS) is 12.3. The molecule has 1 atom stereocenters. The van der Waals surface area contributed by atoms with Gasteiger partial charge in [-0.2, -0.15) is 5.10 Å². The predicted molar refractivity (Wildman–Crippen MR) is 130 cm³/mol. The molecule has 0 unspecified atom stereocenters. The Bertz CT molecular complexity index is 1180. The number of aliphatic hydroxyl groups is 1. The van der Waals surface area contributed by atoms with E-state index in [9.17, 15) is 9.50 Å². The Morgan fingerprint density at radius 3 is 2.51 bits per heavy atom. The van der Waals surface area contributed by atoms with Gasteiger partial charge in [-0.1, -0.05) is 30.3 Å². The monoisotopic (exact) mass is 479 g/mol.